The van der Waals surface area contributed by atoms with Crippen LogP contribution in [0.5, 0.6) is 0 Å². The van der Waals surface area contributed by atoms with Crippen molar-refractivity contribution in [2.75, 3.05) is 5.43 Å². The average molecular weight is 443 g/mol. The number of nitrogens with one attached hydrogen (secondary N) is 2. The van der Waals surface area contributed by atoms with Crippen LogP contribution in [0.3, 0.4) is 0 Å². The van der Waals surface area contributed by atoms with Crippen LogP contribution in [0.1, 0.15) is 12.5 Å². The Kier molecular flexibility index (Phi) is 6.05. The van der Waals surface area contributed by atoms with E-state index in [4.69, 9.17) is 0 Å². The maximum Gasteiger partial charge on any atom is 0.329 e. The predicted octanol–water partition coefficient (Wildman–Crippen LogP) is 2.83. The number of hydrazone groups is 1. The van der Waals surface area contributed by atoms with Crippen LogP contribution in [0, 0.1) is 0 Å². The second-order valence-corrected chi connectivity index (χ2v) is 6.83. The van der Waals surface area contributed by atoms with Crippen LogP contribution in [0.25, 0.3) is 17.2 Å². The molecule has 0 saturated heterocycles. The van der Waals surface area contributed by atoms with Gasteiger partial charge in [0, 0.05) is 18.1 Å². The molecule has 3 aromatic rings. The molecule has 1 aromatic carbocycles. The summed E-state index contributed by atoms with van der Waals surface area (Å²) in [6.07, 6.45) is 7.26. The molecule has 28 heavy (non-hydrogen) atoms. The molecule has 0 atom stereocenters. The standard InChI is InChI=1S/C19H19BrN6O2/c1-3-4-10-26-15-16(25(2)19(28)23-17(15)27)22-18(26)24-21-12-14(20)11-13-8-6-5-7-9-13/h3-9,11-12H,10H2,1-2H3,(H,22,24)(H,23,27,28)/b4-3+,14-11+,21-12+. The van der Waals surface area contributed by atoms with Gasteiger partial charge in [0.25, 0.3) is 5.56 Å². The van der Waals surface area contributed by atoms with Gasteiger partial charge in [-0.25, -0.2) is 10.2 Å². The largest absolute Gasteiger partial charge is 0.329 e. The minimum atomic E-state index is -0.517. The van der Waals surface area contributed by atoms with E-state index in [0.29, 0.717) is 18.0 Å². The first-order chi connectivity index (χ1) is 13.5. The summed E-state index contributed by atoms with van der Waals surface area (Å²) < 4.78 is 3.72. The molecular formula is C19H19BrN6O2. The van der Waals surface area contributed by atoms with Crippen LogP contribution in [-0.2, 0) is 13.6 Å². The van der Waals surface area contributed by atoms with E-state index in [2.05, 4.69) is 36.4 Å². The average Bonchev–Trinajstić information content (AvgIpc) is 3.04. The second kappa shape index (κ2) is 8.66. The first-order valence-corrected chi connectivity index (χ1v) is 9.32. The Morgan fingerprint density at radius 2 is 2.07 bits per heavy atom. The van der Waals surface area contributed by atoms with Crippen LogP contribution in [0.15, 0.2) is 61.7 Å². The molecule has 0 saturated carbocycles. The van der Waals surface area contributed by atoms with Crippen molar-refractivity contribution >= 4 is 45.3 Å². The molecule has 3 rings (SSSR count). The number of rotatable bonds is 6. The van der Waals surface area contributed by atoms with E-state index in [1.165, 1.54) is 4.57 Å². The topological polar surface area (TPSA) is 97.1 Å². The number of aromatic amines is 1. The van der Waals surface area contributed by atoms with Gasteiger partial charge in [-0.1, -0.05) is 42.5 Å². The number of halogens is 1. The van der Waals surface area contributed by atoms with Crippen LogP contribution in [0.2, 0.25) is 0 Å². The zero-order valence-corrected chi connectivity index (χ0v) is 17.0. The molecule has 0 bridgehead atoms. The number of benzene rings is 1. The molecule has 0 aliphatic heterocycles. The normalized spacial score (nSPS) is 12.5. The minimum Gasteiger partial charge on any atom is -0.299 e. The molecule has 0 amide bonds. The maximum atomic E-state index is 12.3. The SMILES string of the molecule is C/C=C/Cn1c(N/N=C/C(Br)=C\c2ccccc2)nc2c1c(=O)[nH]c(=O)n2C. The number of imidazole rings is 1. The third-order valence-electron chi connectivity index (χ3n) is 3.99. The van der Waals surface area contributed by atoms with E-state index in [0.717, 1.165) is 10.0 Å². The van der Waals surface area contributed by atoms with Gasteiger partial charge in [0.1, 0.15) is 0 Å². The third-order valence-corrected chi connectivity index (χ3v) is 4.42. The Balaban J connectivity index is 1.95. The van der Waals surface area contributed by atoms with Crippen LogP contribution in [0.4, 0.5) is 5.95 Å². The summed E-state index contributed by atoms with van der Waals surface area (Å²) in [7, 11) is 1.56. The molecule has 144 valence electrons. The number of allylic oxidation sites excluding steroid dienone is 3. The molecule has 0 aliphatic rings. The van der Waals surface area contributed by atoms with Gasteiger partial charge in [0.2, 0.25) is 5.95 Å². The lowest BCUT2D eigenvalue weighted by atomic mass is 10.2. The fourth-order valence-corrected chi connectivity index (χ4v) is 2.97. The number of hydrogen-bond acceptors (Lipinski definition) is 5. The Morgan fingerprint density at radius 3 is 2.79 bits per heavy atom. The van der Waals surface area contributed by atoms with E-state index in [9.17, 15) is 9.59 Å². The summed E-state index contributed by atoms with van der Waals surface area (Å²) in [5.41, 5.74) is 3.46. The summed E-state index contributed by atoms with van der Waals surface area (Å²) in [6.45, 7) is 2.29. The van der Waals surface area contributed by atoms with E-state index in [1.807, 2.05) is 55.5 Å². The van der Waals surface area contributed by atoms with E-state index in [1.54, 1.807) is 17.8 Å². The number of H-pyrrole nitrogens is 1. The van der Waals surface area contributed by atoms with Crippen molar-refractivity contribution in [3.05, 3.63) is 73.4 Å². The predicted molar refractivity (Wildman–Crippen MR) is 116 cm³/mol. The van der Waals surface area contributed by atoms with Crippen molar-refractivity contribution in [2.45, 2.75) is 13.5 Å². The zero-order valence-electron chi connectivity index (χ0n) is 15.4. The fraction of sp³-hybridized carbons (Fsp3) is 0.158. The highest BCUT2D eigenvalue weighted by Crippen LogP contribution is 2.16. The van der Waals surface area contributed by atoms with Crippen molar-refractivity contribution in [2.24, 2.45) is 12.1 Å². The van der Waals surface area contributed by atoms with Gasteiger partial charge in [-0.15, -0.1) is 0 Å². The van der Waals surface area contributed by atoms with Crippen LogP contribution in [-0.4, -0.2) is 25.3 Å². The molecule has 0 unspecified atom stereocenters. The third kappa shape index (κ3) is 4.20. The molecule has 0 spiro atoms. The fourth-order valence-electron chi connectivity index (χ4n) is 2.61. The van der Waals surface area contributed by atoms with Crippen molar-refractivity contribution in [3.8, 4) is 0 Å². The smallest absolute Gasteiger partial charge is 0.299 e. The first-order valence-electron chi connectivity index (χ1n) is 8.53. The van der Waals surface area contributed by atoms with Gasteiger partial charge in [-0.05, 0) is 34.5 Å². The summed E-state index contributed by atoms with van der Waals surface area (Å²) in [5, 5.41) is 4.19. The minimum absolute atomic E-state index is 0.287. The van der Waals surface area contributed by atoms with Crippen molar-refractivity contribution in [3.63, 3.8) is 0 Å². The van der Waals surface area contributed by atoms with Gasteiger partial charge in [0.15, 0.2) is 11.2 Å². The molecule has 2 N–H and O–H groups in total. The molecule has 0 fully saturated rings. The zero-order chi connectivity index (χ0) is 20.1. The van der Waals surface area contributed by atoms with Gasteiger partial charge < -0.3 is 0 Å². The highest BCUT2D eigenvalue weighted by Gasteiger charge is 2.16. The van der Waals surface area contributed by atoms with Crippen LogP contribution < -0.4 is 16.7 Å². The molecule has 2 aromatic heterocycles. The van der Waals surface area contributed by atoms with Crippen molar-refractivity contribution < 1.29 is 0 Å². The Bertz CT molecular complexity index is 1180. The van der Waals surface area contributed by atoms with Gasteiger partial charge in [-0.3, -0.25) is 18.9 Å². The Morgan fingerprint density at radius 1 is 1.32 bits per heavy atom. The first kappa shape index (κ1) is 19.6. The lowest BCUT2D eigenvalue weighted by molar-refractivity contribution is 0.818. The Labute approximate surface area is 169 Å². The molecule has 0 aliphatic carbocycles. The summed E-state index contributed by atoms with van der Waals surface area (Å²) >= 11 is 3.45. The number of aryl methyl sites for hydroxylation is 1. The quantitative estimate of drug-likeness (QED) is 0.348. The van der Waals surface area contributed by atoms with Gasteiger partial charge in [-0.2, -0.15) is 10.1 Å². The van der Waals surface area contributed by atoms with Crippen LogP contribution >= 0.6 is 15.9 Å². The number of fused-ring (bicyclic) bond motifs is 1. The second-order valence-electron chi connectivity index (χ2n) is 5.92. The summed E-state index contributed by atoms with van der Waals surface area (Å²) in [6, 6.07) is 9.81. The molecule has 9 heteroatoms. The Hall–Kier alpha value is -3.20. The molecule has 8 nitrogen and oxygen atoms in total. The molecular weight excluding hydrogens is 424 g/mol. The van der Waals surface area contributed by atoms with Crippen molar-refractivity contribution in [1.82, 2.24) is 19.1 Å². The van der Waals surface area contributed by atoms with E-state index < -0.39 is 11.2 Å². The van der Waals surface area contributed by atoms with E-state index in [-0.39, 0.29) is 5.65 Å². The lowest BCUT2D eigenvalue weighted by Crippen LogP contribution is -2.29. The number of anilines is 1. The maximum absolute atomic E-state index is 12.3. The lowest BCUT2D eigenvalue weighted by Gasteiger charge is -2.04. The monoisotopic (exact) mass is 442 g/mol. The number of nitrogens with zero attached hydrogens (tertiary/aromatic N) is 4. The van der Waals surface area contributed by atoms with Gasteiger partial charge >= 0.3 is 5.69 Å². The van der Waals surface area contributed by atoms with Crippen molar-refractivity contribution in [1.29, 1.82) is 0 Å². The highest BCUT2D eigenvalue weighted by atomic mass is 79.9. The van der Waals surface area contributed by atoms with E-state index >= 15 is 0 Å². The molecule has 0 radical (unpaired) electrons. The number of hydrogen-bond donors (Lipinski definition) is 2. The molecule has 2 heterocycles. The highest BCUT2D eigenvalue weighted by molar-refractivity contribution is 9.12. The summed E-state index contributed by atoms with van der Waals surface area (Å²) in [5.74, 6) is 0.357. The summed E-state index contributed by atoms with van der Waals surface area (Å²) in [4.78, 5) is 30.8. The van der Waals surface area contributed by atoms with Gasteiger partial charge in [0.05, 0.1) is 6.21 Å². The number of aromatic nitrogens is 4.